The van der Waals surface area contributed by atoms with Crippen LogP contribution >= 0.6 is 15.9 Å². The van der Waals surface area contributed by atoms with Crippen molar-refractivity contribution in [2.75, 3.05) is 5.32 Å². The van der Waals surface area contributed by atoms with Crippen LogP contribution in [-0.2, 0) is 4.79 Å². The zero-order chi connectivity index (χ0) is 16.1. The van der Waals surface area contributed by atoms with Crippen molar-refractivity contribution in [3.63, 3.8) is 0 Å². The lowest BCUT2D eigenvalue weighted by atomic mass is 10.1. The van der Waals surface area contributed by atoms with Crippen molar-refractivity contribution in [3.05, 3.63) is 69.7 Å². The molecule has 22 heavy (non-hydrogen) atoms. The van der Waals surface area contributed by atoms with Crippen LogP contribution in [0.5, 0.6) is 0 Å². The molecule has 0 atom stereocenters. The number of hydrogen-bond acceptors (Lipinski definition) is 2. The Labute approximate surface area is 134 Å². The molecule has 0 radical (unpaired) electrons. The molecule has 110 valence electrons. The molecule has 0 aliphatic rings. The van der Waals surface area contributed by atoms with Gasteiger partial charge in [0, 0.05) is 4.47 Å². The van der Waals surface area contributed by atoms with Gasteiger partial charge < -0.3 is 5.32 Å². The minimum atomic E-state index is -1.04. The molecule has 0 aliphatic carbocycles. The number of nitrogens with one attached hydrogen (secondary N) is 1. The molecule has 0 unspecified atom stereocenters. The first-order chi connectivity index (χ1) is 10.5. The second kappa shape index (κ2) is 6.96. The largest absolute Gasteiger partial charge is 0.320 e. The fraction of sp³-hybridized carbons (Fsp3) is 0. The third kappa shape index (κ3) is 3.77. The Hall–Kier alpha value is -2.52. The Balaban J connectivity index is 2.26. The van der Waals surface area contributed by atoms with E-state index >= 15 is 0 Å². The standard InChI is InChI=1S/C16H9BrF2N2O/c17-12-3-1-2-4-15(12)21-16(22)11(9-20)7-10-5-6-13(18)14(19)8-10/h1-8H,(H,21,22)/b11-7-. The zero-order valence-corrected chi connectivity index (χ0v) is 12.7. The monoisotopic (exact) mass is 362 g/mol. The SMILES string of the molecule is N#C/C(=C/c1ccc(F)c(F)c1)C(=O)Nc1ccccc1Br. The summed E-state index contributed by atoms with van der Waals surface area (Å²) in [5.41, 5.74) is 0.499. The van der Waals surface area contributed by atoms with Crippen LogP contribution in [0.25, 0.3) is 6.08 Å². The van der Waals surface area contributed by atoms with Crippen molar-refractivity contribution < 1.29 is 13.6 Å². The molecule has 0 aromatic heterocycles. The highest BCUT2D eigenvalue weighted by Crippen LogP contribution is 2.22. The van der Waals surface area contributed by atoms with Crippen LogP contribution in [0.1, 0.15) is 5.56 Å². The van der Waals surface area contributed by atoms with E-state index in [9.17, 15) is 13.6 Å². The minimum Gasteiger partial charge on any atom is -0.320 e. The van der Waals surface area contributed by atoms with Gasteiger partial charge in [0.2, 0.25) is 0 Å². The molecule has 0 saturated carbocycles. The first-order valence-corrected chi connectivity index (χ1v) is 6.93. The summed E-state index contributed by atoms with van der Waals surface area (Å²) < 4.78 is 26.7. The zero-order valence-electron chi connectivity index (χ0n) is 11.1. The Bertz CT molecular complexity index is 797. The van der Waals surface area contributed by atoms with Crippen LogP contribution in [0.15, 0.2) is 52.5 Å². The quantitative estimate of drug-likeness (QED) is 0.654. The first-order valence-electron chi connectivity index (χ1n) is 6.14. The molecule has 2 aromatic carbocycles. The fourth-order valence-corrected chi connectivity index (χ4v) is 2.05. The molecule has 3 nitrogen and oxygen atoms in total. The predicted octanol–water partition coefficient (Wildman–Crippen LogP) is 4.27. The minimum absolute atomic E-state index is 0.220. The van der Waals surface area contributed by atoms with Crippen molar-refractivity contribution in [3.8, 4) is 6.07 Å². The highest BCUT2D eigenvalue weighted by molar-refractivity contribution is 9.10. The van der Waals surface area contributed by atoms with E-state index in [1.54, 1.807) is 30.3 Å². The number of hydrogen-bond donors (Lipinski definition) is 1. The van der Waals surface area contributed by atoms with Crippen molar-refractivity contribution in [2.24, 2.45) is 0 Å². The molecule has 1 N–H and O–H groups in total. The third-order valence-electron chi connectivity index (χ3n) is 2.74. The number of halogens is 3. The lowest BCUT2D eigenvalue weighted by molar-refractivity contribution is -0.112. The Morgan fingerprint density at radius 1 is 1.18 bits per heavy atom. The number of carbonyl (C=O) groups excluding carboxylic acids is 1. The van der Waals surface area contributed by atoms with Gasteiger partial charge in [-0.3, -0.25) is 4.79 Å². The molecular weight excluding hydrogens is 354 g/mol. The second-order valence-electron chi connectivity index (χ2n) is 4.28. The maximum atomic E-state index is 13.1. The molecule has 0 saturated heterocycles. The van der Waals surface area contributed by atoms with E-state index in [2.05, 4.69) is 21.2 Å². The normalized spacial score (nSPS) is 10.9. The van der Waals surface area contributed by atoms with E-state index in [-0.39, 0.29) is 11.1 Å². The molecule has 0 fully saturated rings. The lowest BCUT2D eigenvalue weighted by Crippen LogP contribution is -2.13. The maximum absolute atomic E-state index is 13.1. The van der Waals surface area contributed by atoms with Gasteiger partial charge in [-0.1, -0.05) is 18.2 Å². The van der Waals surface area contributed by atoms with E-state index in [4.69, 9.17) is 5.26 Å². The molecule has 2 aromatic rings. The first kappa shape index (κ1) is 15.9. The van der Waals surface area contributed by atoms with Crippen LogP contribution in [0.3, 0.4) is 0 Å². The summed E-state index contributed by atoms with van der Waals surface area (Å²) in [5.74, 6) is -2.68. The number of carbonyl (C=O) groups is 1. The Morgan fingerprint density at radius 2 is 1.91 bits per heavy atom. The van der Waals surface area contributed by atoms with Gasteiger partial charge in [-0.25, -0.2) is 8.78 Å². The van der Waals surface area contributed by atoms with Gasteiger partial charge in [0.15, 0.2) is 11.6 Å². The predicted molar refractivity (Wildman–Crippen MR) is 82.7 cm³/mol. The van der Waals surface area contributed by atoms with Gasteiger partial charge in [0.1, 0.15) is 11.6 Å². The van der Waals surface area contributed by atoms with E-state index in [1.807, 2.05) is 0 Å². The highest BCUT2D eigenvalue weighted by Gasteiger charge is 2.11. The summed E-state index contributed by atoms with van der Waals surface area (Å²) in [6.07, 6.45) is 1.19. The summed E-state index contributed by atoms with van der Waals surface area (Å²) in [6.45, 7) is 0. The molecule has 1 amide bonds. The highest BCUT2D eigenvalue weighted by atomic mass is 79.9. The van der Waals surface area contributed by atoms with Crippen molar-refractivity contribution in [2.45, 2.75) is 0 Å². The molecular formula is C16H9BrF2N2O. The number of rotatable bonds is 3. The van der Waals surface area contributed by atoms with Crippen molar-refractivity contribution in [1.82, 2.24) is 0 Å². The molecule has 0 spiro atoms. The van der Waals surface area contributed by atoms with Crippen LogP contribution in [-0.4, -0.2) is 5.91 Å². The topological polar surface area (TPSA) is 52.9 Å². The molecule has 0 heterocycles. The van der Waals surface area contributed by atoms with E-state index in [1.165, 1.54) is 12.1 Å². The van der Waals surface area contributed by atoms with Crippen molar-refractivity contribution in [1.29, 1.82) is 5.26 Å². The maximum Gasteiger partial charge on any atom is 0.266 e. The number of para-hydroxylation sites is 1. The van der Waals surface area contributed by atoms with Gasteiger partial charge in [-0.15, -0.1) is 0 Å². The van der Waals surface area contributed by atoms with Gasteiger partial charge in [-0.05, 0) is 51.8 Å². The van der Waals surface area contributed by atoms with Crippen LogP contribution in [0, 0.1) is 23.0 Å². The Kier molecular flexibility index (Phi) is 5.02. The average Bonchev–Trinajstić information content (AvgIpc) is 2.50. The van der Waals surface area contributed by atoms with Crippen LogP contribution in [0.4, 0.5) is 14.5 Å². The Morgan fingerprint density at radius 3 is 2.55 bits per heavy atom. The fourth-order valence-electron chi connectivity index (χ4n) is 1.67. The number of nitriles is 1. The molecule has 0 bridgehead atoms. The molecule has 6 heteroatoms. The van der Waals surface area contributed by atoms with Crippen molar-refractivity contribution >= 4 is 33.6 Å². The number of nitrogens with zero attached hydrogens (tertiary/aromatic N) is 1. The summed E-state index contributed by atoms with van der Waals surface area (Å²) in [6, 6.07) is 11.8. The van der Waals surface area contributed by atoms with E-state index in [0.29, 0.717) is 10.2 Å². The van der Waals surface area contributed by atoms with Gasteiger partial charge >= 0.3 is 0 Å². The van der Waals surface area contributed by atoms with Gasteiger partial charge in [0.25, 0.3) is 5.91 Å². The van der Waals surface area contributed by atoms with Gasteiger partial charge in [0.05, 0.1) is 5.69 Å². The lowest BCUT2D eigenvalue weighted by Gasteiger charge is -2.06. The van der Waals surface area contributed by atoms with Crippen LogP contribution < -0.4 is 5.32 Å². The number of benzene rings is 2. The molecule has 0 aliphatic heterocycles. The second-order valence-corrected chi connectivity index (χ2v) is 5.13. The average molecular weight is 363 g/mol. The number of amides is 1. The van der Waals surface area contributed by atoms with E-state index in [0.717, 1.165) is 12.1 Å². The molecule has 2 rings (SSSR count). The smallest absolute Gasteiger partial charge is 0.266 e. The van der Waals surface area contributed by atoms with Gasteiger partial charge in [-0.2, -0.15) is 5.26 Å². The summed E-state index contributed by atoms with van der Waals surface area (Å²) in [7, 11) is 0. The third-order valence-corrected chi connectivity index (χ3v) is 3.43. The summed E-state index contributed by atoms with van der Waals surface area (Å²) in [4.78, 5) is 12.1. The van der Waals surface area contributed by atoms with Crippen LogP contribution in [0.2, 0.25) is 0 Å². The summed E-state index contributed by atoms with van der Waals surface area (Å²) in [5, 5.41) is 11.6. The summed E-state index contributed by atoms with van der Waals surface area (Å²) >= 11 is 3.27. The number of anilines is 1. The van der Waals surface area contributed by atoms with E-state index < -0.39 is 17.5 Å².